The number of alkyl halides is 2. The van der Waals surface area contributed by atoms with Gasteiger partial charge in [-0.2, -0.15) is 5.26 Å². The number of carbonyl (C=O) groups is 1. The maximum absolute atomic E-state index is 12.2. The molecule has 1 unspecified atom stereocenters. The van der Waals surface area contributed by atoms with Crippen LogP contribution in [0.2, 0.25) is 0 Å². The Morgan fingerprint density at radius 3 is 2.50 bits per heavy atom. The lowest BCUT2D eigenvalue weighted by molar-refractivity contribution is -0.167. The van der Waals surface area contributed by atoms with E-state index in [9.17, 15) is 13.6 Å². The standard InChI is InChI=1S/C7H8F2N2O/c1-5(2-10)6(12)11-3-7(8,9)4-11/h5H,3-4H2,1H3. The summed E-state index contributed by atoms with van der Waals surface area (Å²) in [7, 11) is 0. The molecule has 0 bridgehead atoms. The van der Waals surface area contributed by atoms with E-state index in [1.807, 2.05) is 0 Å². The van der Waals surface area contributed by atoms with E-state index in [0.29, 0.717) is 0 Å². The first-order valence-electron chi connectivity index (χ1n) is 3.52. The minimum absolute atomic E-state index is 0.511. The van der Waals surface area contributed by atoms with Crippen LogP contribution in [0.3, 0.4) is 0 Å². The maximum Gasteiger partial charge on any atom is 0.282 e. The maximum atomic E-state index is 12.2. The van der Waals surface area contributed by atoms with Gasteiger partial charge in [0, 0.05) is 0 Å². The Balaban J connectivity index is 2.45. The van der Waals surface area contributed by atoms with Gasteiger partial charge in [-0.15, -0.1) is 0 Å². The molecule has 1 fully saturated rings. The molecule has 1 atom stereocenters. The van der Waals surface area contributed by atoms with Gasteiger partial charge in [-0.3, -0.25) is 4.79 Å². The van der Waals surface area contributed by atoms with Crippen LogP contribution in [0.5, 0.6) is 0 Å². The Labute approximate surface area is 68.6 Å². The minimum atomic E-state index is -2.75. The van der Waals surface area contributed by atoms with Crippen molar-refractivity contribution in [3.8, 4) is 6.07 Å². The predicted octanol–water partition coefficient (Wildman–Crippen LogP) is 0.624. The molecule has 3 nitrogen and oxygen atoms in total. The van der Waals surface area contributed by atoms with E-state index in [1.165, 1.54) is 6.92 Å². The third-order valence-corrected chi connectivity index (χ3v) is 1.72. The molecule has 5 heteroatoms. The molecule has 0 aromatic carbocycles. The fourth-order valence-electron chi connectivity index (χ4n) is 0.997. The summed E-state index contributed by atoms with van der Waals surface area (Å²) in [6, 6.07) is 1.71. The summed E-state index contributed by atoms with van der Waals surface area (Å²) in [5, 5.41) is 8.32. The zero-order valence-electron chi connectivity index (χ0n) is 6.55. The predicted molar refractivity (Wildman–Crippen MR) is 36.3 cm³/mol. The molecule has 0 radical (unpaired) electrons. The summed E-state index contributed by atoms with van der Waals surface area (Å²) >= 11 is 0. The van der Waals surface area contributed by atoms with E-state index in [1.54, 1.807) is 6.07 Å². The van der Waals surface area contributed by atoms with Crippen LogP contribution < -0.4 is 0 Å². The monoisotopic (exact) mass is 174 g/mol. The van der Waals surface area contributed by atoms with Gasteiger partial charge in [0.05, 0.1) is 19.2 Å². The lowest BCUT2D eigenvalue weighted by Crippen LogP contribution is -2.59. The summed E-state index contributed by atoms with van der Waals surface area (Å²) in [6.45, 7) is 0.314. The number of nitrogens with zero attached hydrogens (tertiary/aromatic N) is 2. The smallest absolute Gasteiger partial charge is 0.282 e. The van der Waals surface area contributed by atoms with Gasteiger partial charge in [0.1, 0.15) is 5.92 Å². The van der Waals surface area contributed by atoms with Gasteiger partial charge in [-0.1, -0.05) is 0 Å². The minimum Gasteiger partial charge on any atom is -0.329 e. The average Bonchev–Trinajstić information content (AvgIpc) is 1.97. The van der Waals surface area contributed by atoms with Crippen LogP contribution in [-0.4, -0.2) is 29.8 Å². The molecule has 0 aliphatic carbocycles. The number of rotatable bonds is 1. The molecule has 0 N–H and O–H groups in total. The lowest BCUT2D eigenvalue weighted by atomic mass is 10.1. The first-order chi connectivity index (χ1) is 5.46. The fraction of sp³-hybridized carbons (Fsp3) is 0.714. The number of halogens is 2. The molecule has 1 amide bonds. The largest absolute Gasteiger partial charge is 0.329 e. The molecule has 0 saturated carbocycles. The highest BCUT2D eigenvalue weighted by Gasteiger charge is 2.46. The third-order valence-electron chi connectivity index (χ3n) is 1.72. The fourth-order valence-corrected chi connectivity index (χ4v) is 0.997. The van der Waals surface area contributed by atoms with Gasteiger partial charge in [0.15, 0.2) is 0 Å². The van der Waals surface area contributed by atoms with Crippen molar-refractivity contribution >= 4 is 5.91 Å². The highest BCUT2D eigenvalue weighted by molar-refractivity contribution is 5.81. The Bertz CT molecular complexity index is 238. The molecule has 0 spiro atoms. The summed E-state index contributed by atoms with van der Waals surface area (Å²) in [5.74, 6) is -4.07. The SMILES string of the molecule is CC(C#N)C(=O)N1CC(F)(F)C1. The second kappa shape index (κ2) is 2.70. The van der Waals surface area contributed by atoms with Crippen LogP contribution in [0.1, 0.15) is 6.92 Å². The number of nitriles is 1. The number of likely N-dealkylation sites (tertiary alicyclic amines) is 1. The molecule has 1 saturated heterocycles. The van der Waals surface area contributed by atoms with Crippen LogP contribution in [-0.2, 0) is 4.79 Å². The molecule has 1 aliphatic heterocycles. The van der Waals surface area contributed by atoms with Crippen molar-refractivity contribution in [3.63, 3.8) is 0 Å². The molecule has 1 aliphatic rings. The van der Waals surface area contributed by atoms with Crippen LogP contribution in [0, 0.1) is 17.2 Å². The number of amides is 1. The van der Waals surface area contributed by atoms with Gasteiger partial charge in [0.25, 0.3) is 5.92 Å². The van der Waals surface area contributed by atoms with Gasteiger partial charge in [-0.25, -0.2) is 8.78 Å². The van der Waals surface area contributed by atoms with E-state index < -0.39 is 30.8 Å². The Morgan fingerprint density at radius 2 is 2.17 bits per heavy atom. The molecule has 1 rings (SSSR count). The van der Waals surface area contributed by atoms with E-state index in [4.69, 9.17) is 5.26 Å². The van der Waals surface area contributed by atoms with Crippen molar-refractivity contribution in [2.24, 2.45) is 5.92 Å². The molecule has 1 heterocycles. The second-order valence-corrected chi connectivity index (χ2v) is 2.90. The van der Waals surface area contributed by atoms with Crippen LogP contribution >= 0.6 is 0 Å². The second-order valence-electron chi connectivity index (χ2n) is 2.90. The number of carbonyl (C=O) groups excluding carboxylic acids is 1. The van der Waals surface area contributed by atoms with Gasteiger partial charge in [-0.05, 0) is 6.92 Å². The first kappa shape index (κ1) is 8.91. The van der Waals surface area contributed by atoms with Crippen LogP contribution in [0.25, 0.3) is 0 Å². The Hall–Kier alpha value is -1.18. The average molecular weight is 174 g/mol. The molecule has 0 aromatic rings. The molecule has 66 valence electrons. The molecular formula is C7H8F2N2O. The quantitative estimate of drug-likeness (QED) is 0.585. The topological polar surface area (TPSA) is 44.1 Å². The van der Waals surface area contributed by atoms with Crippen molar-refractivity contribution in [1.29, 1.82) is 5.26 Å². The van der Waals surface area contributed by atoms with Crippen molar-refractivity contribution in [2.45, 2.75) is 12.8 Å². The number of hydrogen-bond donors (Lipinski definition) is 0. The Morgan fingerprint density at radius 1 is 1.67 bits per heavy atom. The normalized spacial score (nSPS) is 22.3. The third kappa shape index (κ3) is 1.52. The van der Waals surface area contributed by atoms with E-state index in [0.717, 1.165) is 4.90 Å². The van der Waals surface area contributed by atoms with Gasteiger partial charge in [0.2, 0.25) is 5.91 Å². The van der Waals surface area contributed by atoms with Crippen molar-refractivity contribution in [2.75, 3.05) is 13.1 Å². The highest BCUT2D eigenvalue weighted by Crippen LogP contribution is 2.27. The van der Waals surface area contributed by atoms with Crippen molar-refractivity contribution < 1.29 is 13.6 Å². The summed E-state index contributed by atoms with van der Waals surface area (Å²) < 4.78 is 24.5. The summed E-state index contributed by atoms with van der Waals surface area (Å²) in [6.07, 6.45) is 0. The first-order valence-corrected chi connectivity index (χ1v) is 3.52. The zero-order valence-corrected chi connectivity index (χ0v) is 6.55. The summed E-state index contributed by atoms with van der Waals surface area (Å²) in [5.41, 5.74) is 0. The molecular weight excluding hydrogens is 166 g/mol. The Kier molecular flexibility index (Phi) is 2.01. The van der Waals surface area contributed by atoms with Gasteiger partial charge < -0.3 is 4.90 Å². The van der Waals surface area contributed by atoms with E-state index >= 15 is 0 Å². The summed E-state index contributed by atoms with van der Waals surface area (Å²) in [4.78, 5) is 12.0. The van der Waals surface area contributed by atoms with E-state index in [2.05, 4.69) is 0 Å². The van der Waals surface area contributed by atoms with Crippen molar-refractivity contribution in [1.82, 2.24) is 4.90 Å². The van der Waals surface area contributed by atoms with E-state index in [-0.39, 0.29) is 0 Å². The zero-order chi connectivity index (χ0) is 9.35. The lowest BCUT2D eigenvalue weighted by Gasteiger charge is -2.39. The van der Waals surface area contributed by atoms with Crippen LogP contribution in [0.4, 0.5) is 8.78 Å². The van der Waals surface area contributed by atoms with Gasteiger partial charge >= 0.3 is 0 Å². The van der Waals surface area contributed by atoms with Crippen LogP contribution in [0.15, 0.2) is 0 Å². The molecule has 12 heavy (non-hydrogen) atoms. The number of hydrogen-bond acceptors (Lipinski definition) is 2. The molecule has 0 aromatic heterocycles. The van der Waals surface area contributed by atoms with Crippen molar-refractivity contribution in [3.05, 3.63) is 0 Å². The highest BCUT2D eigenvalue weighted by atomic mass is 19.3.